The molecule has 3 nitrogen and oxygen atoms in total. The van der Waals surface area contributed by atoms with Crippen LogP contribution in [0.2, 0.25) is 0 Å². The van der Waals surface area contributed by atoms with Crippen molar-refractivity contribution in [2.75, 3.05) is 18.5 Å². The molecule has 0 radical (unpaired) electrons. The number of nitrogens with zero attached hydrogens (tertiary/aromatic N) is 2. The molecule has 0 aliphatic heterocycles. The molecule has 1 heterocycles. The van der Waals surface area contributed by atoms with Gasteiger partial charge < -0.3 is 10.2 Å². The highest BCUT2D eigenvalue weighted by atomic mass is 15.2. The SMILES string of the molecule is CCN(c1ccc(CNC)cn1)c1ccccc1C. The van der Waals surface area contributed by atoms with Gasteiger partial charge in [0.15, 0.2) is 0 Å². The third-order valence-corrected chi connectivity index (χ3v) is 3.19. The van der Waals surface area contributed by atoms with Crippen molar-refractivity contribution < 1.29 is 0 Å². The summed E-state index contributed by atoms with van der Waals surface area (Å²) in [5, 5.41) is 3.13. The summed E-state index contributed by atoms with van der Waals surface area (Å²) in [5.41, 5.74) is 3.69. The molecule has 19 heavy (non-hydrogen) atoms. The largest absolute Gasteiger partial charge is 0.326 e. The first-order valence-electron chi connectivity index (χ1n) is 6.69. The standard InChI is InChI=1S/C16H21N3/c1-4-19(15-8-6-5-7-13(15)2)16-10-9-14(11-17-3)12-18-16/h5-10,12,17H,4,11H2,1-3H3. The van der Waals surface area contributed by atoms with Crippen LogP contribution in [0, 0.1) is 6.92 Å². The lowest BCUT2D eigenvalue weighted by Gasteiger charge is -2.24. The van der Waals surface area contributed by atoms with Crippen molar-refractivity contribution >= 4 is 11.5 Å². The van der Waals surface area contributed by atoms with E-state index in [1.807, 2.05) is 13.2 Å². The van der Waals surface area contributed by atoms with E-state index >= 15 is 0 Å². The average molecular weight is 255 g/mol. The lowest BCUT2D eigenvalue weighted by atomic mass is 10.1. The second kappa shape index (κ2) is 6.34. The summed E-state index contributed by atoms with van der Waals surface area (Å²) in [6.07, 6.45) is 1.94. The Kier molecular flexibility index (Phi) is 4.53. The Bertz CT molecular complexity index is 520. The fraction of sp³-hybridized carbons (Fsp3) is 0.312. The number of nitrogens with one attached hydrogen (secondary N) is 1. The molecule has 2 rings (SSSR count). The van der Waals surface area contributed by atoms with Gasteiger partial charge in [0, 0.05) is 25.0 Å². The minimum atomic E-state index is 0.851. The van der Waals surface area contributed by atoms with E-state index in [9.17, 15) is 0 Å². The quantitative estimate of drug-likeness (QED) is 0.888. The zero-order valence-corrected chi connectivity index (χ0v) is 11.9. The first-order valence-corrected chi connectivity index (χ1v) is 6.69. The summed E-state index contributed by atoms with van der Waals surface area (Å²) in [5.74, 6) is 0.997. The van der Waals surface area contributed by atoms with Crippen LogP contribution in [0.15, 0.2) is 42.6 Å². The van der Waals surface area contributed by atoms with Gasteiger partial charge in [0.2, 0.25) is 0 Å². The van der Waals surface area contributed by atoms with Gasteiger partial charge in [-0.3, -0.25) is 0 Å². The van der Waals surface area contributed by atoms with Gasteiger partial charge in [0.25, 0.3) is 0 Å². The first kappa shape index (κ1) is 13.6. The van der Waals surface area contributed by atoms with Crippen LogP contribution in [0.1, 0.15) is 18.1 Å². The van der Waals surface area contributed by atoms with E-state index in [0.717, 1.165) is 18.9 Å². The van der Waals surface area contributed by atoms with E-state index in [-0.39, 0.29) is 0 Å². The topological polar surface area (TPSA) is 28.2 Å². The van der Waals surface area contributed by atoms with Crippen molar-refractivity contribution in [1.82, 2.24) is 10.3 Å². The Labute approximate surface area is 115 Å². The molecule has 0 aliphatic rings. The maximum atomic E-state index is 4.57. The summed E-state index contributed by atoms with van der Waals surface area (Å²) in [4.78, 5) is 6.81. The number of hydrogen-bond donors (Lipinski definition) is 1. The van der Waals surface area contributed by atoms with E-state index in [2.05, 4.69) is 65.4 Å². The van der Waals surface area contributed by atoms with Gasteiger partial charge in [-0.15, -0.1) is 0 Å². The highest BCUT2D eigenvalue weighted by Crippen LogP contribution is 2.26. The van der Waals surface area contributed by atoms with E-state index in [0.29, 0.717) is 0 Å². The molecule has 1 aromatic carbocycles. The second-order valence-electron chi connectivity index (χ2n) is 4.59. The Morgan fingerprint density at radius 3 is 2.53 bits per heavy atom. The highest BCUT2D eigenvalue weighted by Gasteiger charge is 2.10. The summed E-state index contributed by atoms with van der Waals surface area (Å²) in [7, 11) is 1.94. The monoisotopic (exact) mass is 255 g/mol. The van der Waals surface area contributed by atoms with E-state index in [1.165, 1.54) is 16.8 Å². The lowest BCUT2D eigenvalue weighted by Crippen LogP contribution is -2.18. The molecule has 0 bridgehead atoms. The van der Waals surface area contributed by atoms with Crippen molar-refractivity contribution in [1.29, 1.82) is 0 Å². The van der Waals surface area contributed by atoms with Crippen molar-refractivity contribution in [2.45, 2.75) is 20.4 Å². The molecule has 3 heteroatoms. The Hall–Kier alpha value is -1.87. The Balaban J connectivity index is 2.29. The van der Waals surface area contributed by atoms with Crippen LogP contribution in [0.5, 0.6) is 0 Å². The fourth-order valence-electron chi connectivity index (χ4n) is 2.21. The number of benzene rings is 1. The number of anilines is 2. The number of aryl methyl sites for hydroxylation is 1. The van der Waals surface area contributed by atoms with Crippen molar-refractivity contribution in [2.24, 2.45) is 0 Å². The maximum absolute atomic E-state index is 4.57. The summed E-state index contributed by atoms with van der Waals surface area (Å²) in [6.45, 7) is 6.04. The van der Waals surface area contributed by atoms with Gasteiger partial charge in [-0.2, -0.15) is 0 Å². The molecule has 0 aliphatic carbocycles. The van der Waals surface area contributed by atoms with Crippen LogP contribution in [-0.2, 0) is 6.54 Å². The molecule has 0 unspecified atom stereocenters. The summed E-state index contributed by atoms with van der Waals surface area (Å²) in [6, 6.07) is 12.6. The van der Waals surface area contributed by atoms with Gasteiger partial charge in [-0.25, -0.2) is 4.98 Å². The van der Waals surface area contributed by atoms with Crippen LogP contribution in [0.4, 0.5) is 11.5 Å². The van der Waals surface area contributed by atoms with Gasteiger partial charge >= 0.3 is 0 Å². The average Bonchev–Trinajstić information content (AvgIpc) is 2.44. The Morgan fingerprint density at radius 1 is 1.16 bits per heavy atom. The molecule has 1 aromatic heterocycles. The zero-order valence-electron chi connectivity index (χ0n) is 11.9. The highest BCUT2D eigenvalue weighted by molar-refractivity contribution is 5.63. The molecule has 1 N–H and O–H groups in total. The number of rotatable bonds is 5. The lowest BCUT2D eigenvalue weighted by molar-refractivity contribution is 0.812. The zero-order chi connectivity index (χ0) is 13.7. The fourth-order valence-corrected chi connectivity index (χ4v) is 2.21. The van der Waals surface area contributed by atoms with Gasteiger partial charge in [-0.1, -0.05) is 24.3 Å². The molecule has 0 atom stereocenters. The first-order chi connectivity index (χ1) is 9.26. The Morgan fingerprint density at radius 2 is 1.95 bits per heavy atom. The van der Waals surface area contributed by atoms with Crippen LogP contribution >= 0.6 is 0 Å². The number of hydrogen-bond acceptors (Lipinski definition) is 3. The maximum Gasteiger partial charge on any atom is 0.132 e. The predicted octanol–water partition coefficient (Wildman–Crippen LogP) is 3.27. The van der Waals surface area contributed by atoms with Crippen molar-refractivity contribution in [3.05, 3.63) is 53.7 Å². The molecule has 0 amide bonds. The summed E-state index contributed by atoms with van der Waals surface area (Å²) >= 11 is 0. The molecule has 0 saturated heterocycles. The van der Waals surface area contributed by atoms with E-state index in [4.69, 9.17) is 0 Å². The molecular weight excluding hydrogens is 234 g/mol. The number of para-hydroxylation sites is 1. The van der Waals surface area contributed by atoms with Gasteiger partial charge in [0.1, 0.15) is 5.82 Å². The van der Waals surface area contributed by atoms with Crippen LogP contribution in [0.3, 0.4) is 0 Å². The van der Waals surface area contributed by atoms with E-state index < -0.39 is 0 Å². The van der Waals surface area contributed by atoms with Crippen molar-refractivity contribution in [3.8, 4) is 0 Å². The molecule has 0 fully saturated rings. The normalized spacial score (nSPS) is 10.5. The van der Waals surface area contributed by atoms with Gasteiger partial charge in [-0.05, 0) is 44.2 Å². The third-order valence-electron chi connectivity index (χ3n) is 3.19. The smallest absolute Gasteiger partial charge is 0.132 e. The molecular formula is C16H21N3. The van der Waals surface area contributed by atoms with Gasteiger partial charge in [0.05, 0.1) is 0 Å². The summed E-state index contributed by atoms with van der Waals surface area (Å²) < 4.78 is 0. The molecule has 100 valence electrons. The van der Waals surface area contributed by atoms with Crippen LogP contribution < -0.4 is 10.2 Å². The third kappa shape index (κ3) is 3.12. The molecule has 2 aromatic rings. The predicted molar refractivity (Wildman–Crippen MR) is 80.9 cm³/mol. The minimum Gasteiger partial charge on any atom is -0.326 e. The van der Waals surface area contributed by atoms with Crippen LogP contribution in [-0.4, -0.2) is 18.6 Å². The van der Waals surface area contributed by atoms with Crippen LogP contribution in [0.25, 0.3) is 0 Å². The second-order valence-corrected chi connectivity index (χ2v) is 4.59. The molecule has 0 saturated carbocycles. The number of aromatic nitrogens is 1. The molecule has 0 spiro atoms. The minimum absolute atomic E-state index is 0.851. The van der Waals surface area contributed by atoms with Crippen molar-refractivity contribution in [3.63, 3.8) is 0 Å². The number of pyridine rings is 1. The van der Waals surface area contributed by atoms with E-state index in [1.54, 1.807) is 0 Å².